The summed E-state index contributed by atoms with van der Waals surface area (Å²) < 4.78 is 0. The number of carbonyl (C=O) groups excluding carboxylic acids is 1. The maximum Gasteiger partial charge on any atom is 0.326 e. The lowest BCUT2D eigenvalue weighted by atomic mass is 9.96. The Morgan fingerprint density at radius 1 is 1.31 bits per heavy atom. The number of nitrogens with one attached hydrogen (secondary N) is 2. The van der Waals surface area contributed by atoms with Crippen LogP contribution in [0.3, 0.4) is 0 Å². The van der Waals surface area contributed by atoms with Gasteiger partial charge in [0, 0.05) is 6.04 Å². The van der Waals surface area contributed by atoms with Gasteiger partial charge in [0.1, 0.15) is 6.04 Å². The van der Waals surface area contributed by atoms with Crippen molar-refractivity contribution in [3.63, 3.8) is 0 Å². The Kier molecular flexibility index (Phi) is 5.08. The minimum absolute atomic E-state index is 0.208. The van der Waals surface area contributed by atoms with E-state index in [9.17, 15) is 9.59 Å². The van der Waals surface area contributed by atoms with E-state index in [1.807, 2.05) is 0 Å². The highest BCUT2D eigenvalue weighted by Gasteiger charge is 2.20. The minimum Gasteiger partial charge on any atom is -0.480 e. The standard InChI is InChI=1S/C11H20N2O3/c1-2-9(10(14)15)13-11(16)12-8-6-4-3-5-7-8/h8-9H,2-7H2,1H3,(H,14,15)(H2,12,13,16)/t9-/m0/s1. The van der Waals surface area contributed by atoms with Crippen LogP contribution in [0.2, 0.25) is 0 Å². The number of amides is 2. The fourth-order valence-electron chi connectivity index (χ4n) is 1.97. The molecule has 3 N–H and O–H groups in total. The van der Waals surface area contributed by atoms with Gasteiger partial charge in [-0.05, 0) is 19.3 Å². The third kappa shape index (κ3) is 4.08. The van der Waals surface area contributed by atoms with Crippen molar-refractivity contribution in [2.75, 3.05) is 0 Å². The van der Waals surface area contributed by atoms with Crippen molar-refractivity contribution >= 4 is 12.0 Å². The molecule has 5 nitrogen and oxygen atoms in total. The summed E-state index contributed by atoms with van der Waals surface area (Å²) in [5.41, 5.74) is 0. The molecule has 16 heavy (non-hydrogen) atoms. The second-order valence-corrected chi connectivity index (χ2v) is 4.25. The summed E-state index contributed by atoms with van der Waals surface area (Å²) in [6, 6.07) is -0.940. The molecule has 0 heterocycles. The first-order valence-electron chi connectivity index (χ1n) is 5.93. The highest BCUT2D eigenvalue weighted by Crippen LogP contribution is 2.17. The first-order chi connectivity index (χ1) is 7.63. The van der Waals surface area contributed by atoms with Crippen LogP contribution < -0.4 is 10.6 Å². The van der Waals surface area contributed by atoms with E-state index in [2.05, 4.69) is 10.6 Å². The molecule has 5 heteroatoms. The van der Waals surface area contributed by atoms with Crippen LogP contribution >= 0.6 is 0 Å². The SMILES string of the molecule is CC[C@H](NC(=O)NC1CCCCC1)C(=O)O. The van der Waals surface area contributed by atoms with Gasteiger partial charge < -0.3 is 15.7 Å². The van der Waals surface area contributed by atoms with Crippen molar-refractivity contribution in [2.45, 2.75) is 57.5 Å². The van der Waals surface area contributed by atoms with E-state index in [4.69, 9.17) is 5.11 Å². The molecule has 1 aliphatic rings. The smallest absolute Gasteiger partial charge is 0.326 e. The largest absolute Gasteiger partial charge is 0.480 e. The van der Waals surface area contributed by atoms with Crippen LogP contribution in [-0.4, -0.2) is 29.2 Å². The zero-order chi connectivity index (χ0) is 12.0. The molecule has 1 atom stereocenters. The molecular formula is C11H20N2O3. The van der Waals surface area contributed by atoms with Crippen LogP contribution in [0.1, 0.15) is 45.4 Å². The molecule has 0 aromatic carbocycles. The lowest BCUT2D eigenvalue weighted by Crippen LogP contribution is -2.49. The molecular weight excluding hydrogens is 208 g/mol. The maximum absolute atomic E-state index is 11.5. The molecule has 1 aliphatic carbocycles. The highest BCUT2D eigenvalue weighted by atomic mass is 16.4. The summed E-state index contributed by atoms with van der Waals surface area (Å²) in [5, 5.41) is 14.1. The van der Waals surface area contributed by atoms with Crippen LogP contribution in [0.4, 0.5) is 4.79 Å². The van der Waals surface area contributed by atoms with Gasteiger partial charge in [0.15, 0.2) is 0 Å². The number of hydrogen-bond donors (Lipinski definition) is 3. The third-order valence-corrected chi connectivity index (χ3v) is 2.95. The minimum atomic E-state index is -0.985. The Labute approximate surface area is 95.6 Å². The van der Waals surface area contributed by atoms with Gasteiger partial charge in [-0.15, -0.1) is 0 Å². The molecule has 1 fully saturated rings. The van der Waals surface area contributed by atoms with Crippen molar-refractivity contribution in [1.29, 1.82) is 0 Å². The Hall–Kier alpha value is -1.26. The predicted octanol–water partition coefficient (Wildman–Crippen LogP) is 1.48. The van der Waals surface area contributed by atoms with Crippen LogP contribution in [-0.2, 0) is 4.79 Å². The van der Waals surface area contributed by atoms with Crippen LogP contribution in [0.25, 0.3) is 0 Å². The Morgan fingerprint density at radius 2 is 1.94 bits per heavy atom. The van der Waals surface area contributed by atoms with Gasteiger partial charge in [-0.1, -0.05) is 26.2 Å². The fourth-order valence-corrected chi connectivity index (χ4v) is 1.97. The van der Waals surface area contributed by atoms with E-state index in [0.29, 0.717) is 6.42 Å². The second-order valence-electron chi connectivity index (χ2n) is 4.25. The molecule has 0 spiro atoms. The van der Waals surface area contributed by atoms with Gasteiger partial charge >= 0.3 is 12.0 Å². The summed E-state index contributed by atoms with van der Waals surface area (Å²) in [5.74, 6) is -0.985. The first-order valence-corrected chi connectivity index (χ1v) is 5.93. The Morgan fingerprint density at radius 3 is 2.44 bits per heavy atom. The molecule has 1 saturated carbocycles. The molecule has 2 amide bonds. The third-order valence-electron chi connectivity index (χ3n) is 2.95. The van der Waals surface area contributed by atoms with Crippen molar-refractivity contribution in [3.05, 3.63) is 0 Å². The summed E-state index contributed by atoms with van der Waals surface area (Å²) in [4.78, 5) is 22.2. The van der Waals surface area contributed by atoms with Gasteiger partial charge in [-0.3, -0.25) is 0 Å². The molecule has 0 unspecified atom stereocenters. The number of carboxylic acids is 1. The summed E-state index contributed by atoms with van der Waals surface area (Å²) in [7, 11) is 0. The molecule has 0 radical (unpaired) electrons. The molecule has 0 saturated heterocycles. The zero-order valence-corrected chi connectivity index (χ0v) is 9.66. The Bertz CT molecular complexity index is 250. The van der Waals surface area contributed by atoms with Crippen LogP contribution in [0, 0.1) is 0 Å². The number of aliphatic carboxylic acids is 1. The topological polar surface area (TPSA) is 78.4 Å². The van der Waals surface area contributed by atoms with Gasteiger partial charge in [0.25, 0.3) is 0 Å². The number of urea groups is 1. The number of carboxylic acid groups (broad SMARTS) is 1. The first kappa shape index (κ1) is 12.8. The number of hydrogen-bond acceptors (Lipinski definition) is 2. The molecule has 0 aromatic heterocycles. The average Bonchev–Trinajstić information content (AvgIpc) is 2.27. The molecule has 0 aromatic rings. The summed E-state index contributed by atoms with van der Waals surface area (Å²) in [6.07, 6.45) is 5.90. The van der Waals surface area contributed by atoms with E-state index >= 15 is 0 Å². The fraction of sp³-hybridized carbons (Fsp3) is 0.818. The number of carbonyl (C=O) groups is 2. The monoisotopic (exact) mass is 228 g/mol. The molecule has 92 valence electrons. The van der Waals surface area contributed by atoms with Crippen molar-refractivity contribution in [3.8, 4) is 0 Å². The highest BCUT2D eigenvalue weighted by molar-refractivity contribution is 5.82. The number of rotatable bonds is 4. The van der Waals surface area contributed by atoms with Crippen molar-refractivity contribution < 1.29 is 14.7 Å². The Balaban J connectivity index is 2.31. The van der Waals surface area contributed by atoms with Crippen LogP contribution in [0.15, 0.2) is 0 Å². The van der Waals surface area contributed by atoms with Gasteiger partial charge in [-0.2, -0.15) is 0 Å². The van der Waals surface area contributed by atoms with E-state index in [1.54, 1.807) is 6.92 Å². The van der Waals surface area contributed by atoms with E-state index in [-0.39, 0.29) is 12.1 Å². The van der Waals surface area contributed by atoms with E-state index in [0.717, 1.165) is 25.7 Å². The van der Waals surface area contributed by atoms with Crippen molar-refractivity contribution in [2.24, 2.45) is 0 Å². The summed E-state index contributed by atoms with van der Waals surface area (Å²) >= 11 is 0. The van der Waals surface area contributed by atoms with Crippen molar-refractivity contribution in [1.82, 2.24) is 10.6 Å². The van der Waals surface area contributed by atoms with Gasteiger partial charge in [0.05, 0.1) is 0 Å². The summed E-state index contributed by atoms with van der Waals surface area (Å²) in [6.45, 7) is 1.74. The molecule has 0 aliphatic heterocycles. The average molecular weight is 228 g/mol. The van der Waals surface area contributed by atoms with Gasteiger partial charge in [-0.25, -0.2) is 9.59 Å². The molecule has 1 rings (SSSR count). The van der Waals surface area contributed by atoms with E-state index in [1.165, 1.54) is 6.42 Å². The zero-order valence-electron chi connectivity index (χ0n) is 9.66. The van der Waals surface area contributed by atoms with Gasteiger partial charge in [0.2, 0.25) is 0 Å². The normalized spacial score (nSPS) is 18.8. The quantitative estimate of drug-likeness (QED) is 0.682. The lowest BCUT2D eigenvalue weighted by Gasteiger charge is -2.23. The van der Waals surface area contributed by atoms with E-state index < -0.39 is 12.0 Å². The maximum atomic E-state index is 11.5. The second kappa shape index (κ2) is 6.35. The molecule has 0 bridgehead atoms. The lowest BCUT2D eigenvalue weighted by molar-refractivity contribution is -0.139. The van der Waals surface area contributed by atoms with Crippen LogP contribution in [0.5, 0.6) is 0 Å². The predicted molar refractivity (Wildman–Crippen MR) is 60.3 cm³/mol.